The SMILES string of the molecule is CCCCCCCCCCCn1c(COc2cccc3ccccc23)nc2ccccc21. The molecule has 0 atom stereocenters. The minimum absolute atomic E-state index is 0.486. The van der Waals surface area contributed by atoms with Crippen LogP contribution in [-0.2, 0) is 13.2 Å². The van der Waals surface area contributed by atoms with Crippen molar-refractivity contribution in [3.8, 4) is 5.75 Å². The number of hydrogen-bond donors (Lipinski definition) is 0. The van der Waals surface area contributed by atoms with Crippen LogP contribution in [0.15, 0.2) is 66.7 Å². The molecule has 0 saturated carbocycles. The second-order valence-corrected chi connectivity index (χ2v) is 8.76. The number of benzene rings is 3. The molecule has 0 bridgehead atoms. The summed E-state index contributed by atoms with van der Waals surface area (Å²) in [6.45, 7) is 3.77. The highest BCUT2D eigenvalue weighted by Gasteiger charge is 2.12. The zero-order chi connectivity index (χ0) is 22.0. The number of imidazole rings is 1. The molecule has 0 N–H and O–H groups in total. The number of nitrogens with zero attached hydrogens (tertiary/aromatic N) is 2. The van der Waals surface area contributed by atoms with Crippen molar-refractivity contribution in [1.29, 1.82) is 0 Å². The monoisotopic (exact) mass is 428 g/mol. The summed E-state index contributed by atoms with van der Waals surface area (Å²) < 4.78 is 8.65. The van der Waals surface area contributed by atoms with Crippen molar-refractivity contribution < 1.29 is 4.74 Å². The third-order valence-corrected chi connectivity index (χ3v) is 6.33. The van der Waals surface area contributed by atoms with E-state index in [1.54, 1.807) is 0 Å². The summed E-state index contributed by atoms with van der Waals surface area (Å²) in [4.78, 5) is 4.90. The van der Waals surface area contributed by atoms with Crippen molar-refractivity contribution in [2.24, 2.45) is 0 Å². The molecular weight excluding hydrogens is 392 g/mol. The Morgan fingerprint density at radius 1 is 0.719 bits per heavy atom. The molecule has 0 unspecified atom stereocenters. The van der Waals surface area contributed by atoms with Crippen LogP contribution in [0.4, 0.5) is 0 Å². The van der Waals surface area contributed by atoms with Gasteiger partial charge in [-0.25, -0.2) is 4.98 Å². The van der Waals surface area contributed by atoms with Gasteiger partial charge in [0.2, 0.25) is 0 Å². The van der Waals surface area contributed by atoms with Gasteiger partial charge in [-0.15, -0.1) is 0 Å². The Morgan fingerprint density at radius 2 is 1.41 bits per heavy atom. The van der Waals surface area contributed by atoms with Crippen molar-refractivity contribution in [2.45, 2.75) is 77.9 Å². The zero-order valence-electron chi connectivity index (χ0n) is 19.4. The lowest BCUT2D eigenvalue weighted by atomic mass is 10.1. The van der Waals surface area contributed by atoms with E-state index in [2.05, 4.69) is 78.2 Å². The van der Waals surface area contributed by atoms with Gasteiger partial charge >= 0.3 is 0 Å². The summed E-state index contributed by atoms with van der Waals surface area (Å²) in [6, 6.07) is 23.1. The Morgan fingerprint density at radius 3 is 2.25 bits per heavy atom. The van der Waals surface area contributed by atoms with Crippen molar-refractivity contribution in [2.75, 3.05) is 0 Å². The number of rotatable bonds is 13. The summed E-state index contributed by atoms with van der Waals surface area (Å²) in [7, 11) is 0. The molecule has 1 aromatic heterocycles. The van der Waals surface area contributed by atoms with Crippen molar-refractivity contribution in [3.63, 3.8) is 0 Å². The lowest BCUT2D eigenvalue weighted by Crippen LogP contribution is -2.08. The predicted molar refractivity (Wildman–Crippen MR) is 135 cm³/mol. The van der Waals surface area contributed by atoms with E-state index in [0.717, 1.165) is 29.0 Å². The summed E-state index contributed by atoms with van der Waals surface area (Å²) in [6.07, 6.45) is 12.1. The van der Waals surface area contributed by atoms with Crippen LogP contribution < -0.4 is 4.74 Å². The number of hydrogen-bond acceptors (Lipinski definition) is 2. The van der Waals surface area contributed by atoms with Crippen molar-refractivity contribution >= 4 is 21.8 Å². The van der Waals surface area contributed by atoms with Crippen molar-refractivity contribution in [3.05, 3.63) is 72.6 Å². The number of unbranched alkanes of at least 4 members (excludes halogenated alkanes) is 8. The highest BCUT2D eigenvalue weighted by Crippen LogP contribution is 2.26. The van der Waals surface area contributed by atoms with Crippen LogP contribution in [0, 0.1) is 0 Å². The fourth-order valence-electron chi connectivity index (χ4n) is 4.53. The Balaban J connectivity index is 1.37. The summed E-state index contributed by atoms with van der Waals surface area (Å²) >= 11 is 0. The molecular formula is C29H36N2O. The van der Waals surface area contributed by atoms with Crippen molar-refractivity contribution in [1.82, 2.24) is 9.55 Å². The van der Waals surface area contributed by atoms with Crippen LogP contribution >= 0.6 is 0 Å². The van der Waals surface area contributed by atoms with E-state index in [-0.39, 0.29) is 0 Å². The molecule has 0 aliphatic rings. The van der Waals surface area contributed by atoms with Gasteiger partial charge in [-0.05, 0) is 30.0 Å². The topological polar surface area (TPSA) is 27.1 Å². The Labute approximate surface area is 192 Å². The molecule has 0 aliphatic heterocycles. The quantitative estimate of drug-likeness (QED) is 0.200. The minimum Gasteiger partial charge on any atom is -0.485 e. The molecule has 0 saturated heterocycles. The highest BCUT2D eigenvalue weighted by atomic mass is 16.5. The van der Waals surface area contributed by atoms with E-state index in [4.69, 9.17) is 9.72 Å². The van der Waals surface area contributed by atoms with Gasteiger partial charge in [0, 0.05) is 11.9 Å². The van der Waals surface area contributed by atoms with Crippen LogP contribution in [0.25, 0.3) is 21.8 Å². The molecule has 0 aliphatic carbocycles. The van der Waals surface area contributed by atoms with E-state index < -0.39 is 0 Å². The molecule has 32 heavy (non-hydrogen) atoms. The molecule has 4 aromatic rings. The fraction of sp³-hybridized carbons (Fsp3) is 0.414. The molecule has 0 radical (unpaired) electrons. The first-order valence-corrected chi connectivity index (χ1v) is 12.4. The molecule has 0 fully saturated rings. The standard InChI is InChI=1S/C29H36N2O/c1-2-3-4-5-6-7-8-9-14-22-31-27-20-13-12-19-26(27)30-29(31)23-32-28-21-15-17-24-16-10-11-18-25(24)28/h10-13,15-21H,2-9,14,22-23H2,1H3. The molecule has 0 spiro atoms. The lowest BCUT2D eigenvalue weighted by Gasteiger charge is -2.12. The fourth-order valence-corrected chi connectivity index (χ4v) is 4.53. The second kappa shape index (κ2) is 11.7. The maximum atomic E-state index is 6.28. The van der Waals surface area contributed by atoms with Crippen LogP contribution in [0.3, 0.4) is 0 Å². The van der Waals surface area contributed by atoms with Gasteiger partial charge in [0.15, 0.2) is 0 Å². The zero-order valence-corrected chi connectivity index (χ0v) is 19.4. The molecule has 1 heterocycles. The number of aryl methyl sites for hydroxylation is 1. The number of fused-ring (bicyclic) bond motifs is 2. The first kappa shape index (κ1) is 22.4. The van der Waals surface area contributed by atoms with E-state index in [1.807, 2.05) is 0 Å². The van der Waals surface area contributed by atoms with E-state index in [1.165, 1.54) is 68.7 Å². The van der Waals surface area contributed by atoms with Crippen LogP contribution in [0.1, 0.15) is 70.5 Å². The van der Waals surface area contributed by atoms with Gasteiger partial charge in [0.05, 0.1) is 11.0 Å². The average Bonchev–Trinajstić information content (AvgIpc) is 3.19. The molecule has 3 aromatic carbocycles. The Kier molecular flexibility index (Phi) is 8.19. The van der Waals surface area contributed by atoms with E-state index in [0.29, 0.717) is 6.61 Å². The molecule has 168 valence electrons. The van der Waals surface area contributed by atoms with Gasteiger partial charge in [0.1, 0.15) is 18.2 Å². The van der Waals surface area contributed by atoms with Gasteiger partial charge in [0.25, 0.3) is 0 Å². The van der Waals surface area contributed by atoms with E-state index in [9.17, 15) is 0 Å². The highest BCUT2D eigenvalue weighted by molar-refractivity contribution is 5.88. The minimum atomic E-state index is 0.486. The van der Waals surface area contributed by atoms with Crippen LogP contribution in [0.2, 0.25) is 0 Å². The predicted octanol–water partition coefficient (Wildman–Crippen LogP) is 8.30. The molecule has 3 heteroatoms. The smallest absolute Gasteiger partial charge is 0.147 e. The Bertz CT molecular complexity index is 1110. The van der Waals surface area contributed by atoms with Gasteiger partial charge in [-0.3, -0.25) is 0 Å². The van der Waals surface area contributed by atoms with Crippen LogP contribution in [0.5, 0.6) is 5.75 Å². The Hall–Kier alpha value is -2.81. The van der Waals surface area contributed by atoms with Gasteiger partial charge in [-0.1, -0.05) is 107 Å². The van der Waals surface area contributed by atoms with Gasteiger partial charge in [-0.2, -0.15) is 0 Å². The third-order valence-electron chi connectivity index (χ3n) is 6.33. The summed E-state index contributed by atoms with van der Waals surface area (Å²) in [5.41, 5.74) is 2.27. The summed E-state index contributed by atoms with van der Waals surface area (Å²) in [5.74, 6) is 1.93. The molecule has 0 amide bonds. The normalized spacial score (nSPS) is 11.4. The first-order valence-electron chi connectivity index (χ1n) is 12.4. The lowest BCUT2D eigenvalue weighted by molar-refractivity contribution is 0.293. The third kappa shape index (κ3) is 5.70. The number of aromatic nitrogens is 2. The molecule has 4 rings (SSSR count). The number of ether oxygens (including phenoxy) is 1. The first-order chi connectivity index (χ1) is 15.9. The largest absolute Gasteiger partial charge is 0.485 e. The van der Waals surface area contributed by atoms with E-state index >= 15 is 0 Å². The van der Waals surface area contributed by atoms with Gasteiger partial charge < -0.3 is 9.30 Å². The maximum absolute atomic E-state index is 6.28. The molecule has 3 nitrogen and oxygen atoms in total. The summed E-state index contributed by atoms with van der Waals surface area (Å²) in [5, 5.41) is 2.35. The average molecular weight is 429 g/mol. The van der Waals surface area contributed by atoms with Crippen LogP contribution in [-0.4, -0.2) is 9.55 Å². The number of para-hydroxylation sites is 2. The maximum Gasteiger partial charge on any atom is 0.147 e. The second-order valence-electron chi connectivity index (χ2n) is 8.76.